The van der Waals surface area contributed by atoms with Gasteiger partial charge in [-0.1, -0.05) is 17.7 Å². The number of thioether (sulfide) groups is 1. The summed E-state index contributed by atoms with van der Waals surface area (Å²) in [4.78, 5) is 19.3. The molecule has 0 saturated carbocycles. The summed E-state index contributed by atoms with van der Waals surface area (Å²) in [7, 11) is 1.83. The van der Waals surface area contributed by atoms with E-state index >= 15 is 0 Å². The van der Waals surface area contributed by atoms with Crippen LogP contribution in [0.3, 0.4) is 0 Å². The molecule has 7 heteroatoms. The lowest BCUT2D eigenvalue weighted by Crippen LogP contribution is -2.39. The first-order valence-corrected chi connectivity index (χ1v) is 9.51. The summed E-state index contributed by atoms with van der Waals surface area (Å²) in [5, 5.41) is 7.27. The Balaban J connectivity index is 1.61. The van der Waals surface area contributed by atoms with Gasteiger partial charge in [0.2, 0.25) is 0 Å². The standard InChI is InChI=1S/C18H27N5OS/c1-14-6-8-17(9-7-14)25-13-12-22(4)18(24)19-10-5-11-23-16(3)20-15(2)21-23/h6-9H,5,10-13H2,1-4H3,(H,19,24). The predicted octanol–water partition coefficient (Wildman–Crippen LogP) is 3.03. The maximum Gasteiger partial charge on any atom is 0.317 e. The van der Waals surface area contributed by atoms with Crippen molar-refractivity contribution in [1.82, 2.24) is 25.0 Å². The van der Waals surface area contributed by atoms with E-state index in [9.17, 15) is 4.79 Å². The van der Waals surface area contributed by atoms with Gasteiger partial charge in [-0.15, -0.1) is 11.8 Å². The summed E-state index contributed by atoms with van der Waals surface area (Å²) in [5.41, 5.74) is 1.26. The number of hydrogen-bond donors (Lipinski definition) is 1. The molecule has 0 aliphatic heterocycles. The fourth-order valence-corrected chi connectivity index (χ4v) is 3.30. The molecule has 1 aromatic carbocycles. The van der Waals surface area contributed by atoms with Crippen LogP contribution >= 0.6 is 11.8 Å². The zero-order valence-electron chi connectivity index (χ0n) is 15.5. The summed E-state index contributed by atoms with van der Waals surface area (Å²) in [6.07, 6.45) is 0.835. The minimum atomic E-state index is -0.0315. The SMILES string of the molecule is Cc1ccc(SCCN(C)C(=O)NCCCn2nc(C)nc2C)cc1. The van der Waals surface area contributed by atoms with Crippen LogP contribution < -0.4 is 5.32 Å². The molecular weight excluding hydrogens is 334 g/mol. The zero-order valence-corrected chi connectivity index (χ0v) is 16.3. The monoisotopic (exact) mass is 361 g/mol. The number of carbonyl (C=O) groups excluding carboxylic acids is 1. The first-order chi connectivity index (χ1) is 12.0. The van der Waals surface area contributed by atoms with E-state index in [2.05, 4.69) is 46.6 Å². The summed E-state index contributed by atoms with van der Waals surface area (Å²) >= 11 is 1.76. The van der Waals surface area contributed by atoms with E-state index in [1.54, 1.807) is 16.7 Å². The first-order valence-electron chi connectivity index (χ1n) is 8.52. The normalized spacial score (nSPS) is 10.7. The molecule has 0 unspecified atom stereocenters. The van der Waals surface area contributed by atoms with Crippen LogP contribution in [0.25, 0.3) is 0 Å². The van der Waals surface area contributed by atoms with Crippen LogP contribution in [0.1, 0.15) is 23.6 Å². The van der Waals surface area contributed by atoms with E-state index < -0.39 is 0 Å². The molecule has 25 heavy (non-hydrogen) atoms. The minimum absolute atomic E-state index is 0.0315. The Hall–Kier alpha value is -2.02. The number of benzene rings is 1. The van der Waals surface area contributed by atoms with E-state index in [1.807, 2.05) is 25.6 Å². The highest BCUT2D eigenvalue weighted by Crippen LogP contribution is 2.17. The Bertz CT molecular complexity index is 683. The molecule has 1 heterocycles. The Morgan fingerprint density at radius 1 is 1.24 bits per heavy atom. The number of aromatic nitrogens is 3. The summed E-state index contributed by atoms with van der Waals surface area (Å²) in [6.45, 7) is 8.02. The van der Waals surface area contributed by atoms with Gasteiger partial charge in [0, 0.05) is 37.3 Å². The number of nitrogens with zero attached hydrogens (tertiary/aromatic N) is 4. The summed E-state index contributed by atoms with van der Waals surface area (Å²) in [5.74, 6) is 2.58. The van der Waals surface area contributed by atoms with Crippen molar-refractivity contribution < 1.29 is 4.79 Å². The lowest BCUT2D eigenvalue weighted by atomic mass is 10.2. The molecule has 0 bridgehead atoms. The highest BCUT2D eigenvalue weighted by Gasteiger charge is 2.08. The molecule has 0 spiro atoms. The van der Waals surface area contributed by atoms with Crippen LogP contribution in [0.15, 0.2) is 29.2 Å². The third kappa shape index (κ3) is 6.42. The molecule has 2 aromatic rings. The van der Waals surface area contributed by atoms with Gasteiger partial charge in [-0.25, -0.2) is 9.78 Å². The van der Waals surface area contributed by atoms with Crippen LogP contribution in [-0.4, -0.2) is 51.6 Å². The smallest absolute Gasteiger partial charge is 0.317 e. The van der Waals surface area contributed by atoms with Crippen molar-refractivity contribution in [1.29, 1.82) is 0 Å². The Morgan fingerprint density at radius 2 is 1.96 bits per heavy atom. The highest BCUT2D eigenvalue weighted by molar-refractivity contribution is 7.99. The van der Waals surface area contributed by atoms with Crippen molar-refractivity contribution >= 4 is 17.8 Å². The predicted molar refractivity (Wildman–Crippen MR) is 102 cm³/mol. The third-order valence-corrected chi connectivity index (χ3v) is 4.84. The zero-order chi connectivity index (χ0) is 18.2. The molecule has 136 valence electrons. The van der Waals surface area contributed by atoms with Gasteiger partial charge in [0.15, 0.2) is 0 Å². The van der Waals surface area contributed by atoms with Crippen molar-refractivity contribution in [2.45, 2.75) is 38.6 Å². The van der Waals surface area contributed by atoms with Crippen LogP contribution in [0, 0.1) is 20.8 Å². The van der Waals surface area contributed by atoms with Gasteiger partial charge < -0.3 is 10.2 Å². The lowest BCUT2D eigenvalue weighted by Gasteiger charge is -2.17. The van der Waals surface area contributed by atoms with Crippen molar-refractivity contribution in [3.63, 3.8) is 0 Å². The molecule has 1 aromatic heterocycles. The summed E-state index contributed by atoms with van der Waals surface area (Å²) < 4.78 is 1.88. The van der Waals surface area contributed by atoms with Crippen molar-refractivity contribution in [2.24, 2.45) is 0 Å². The Labute approximate surface area is 154 Å². The topological polar surface area (TPSA) is 63.1 Å². The average molecular weight is 362 g/mol. The lowest BCUT2D eigenvalue weighted by molar-refractivity contribution is 0.211. The first kappa shape index (κ1) is 19.3. The number of urea groups is 1. The number of aryl methyl sites for hydroxylation is 4. The second-order valence-electron chi connectivity index (χ2n) is 6.10. The number of nitrogens with one attached hydrogen (secondary N) is 1. The van der Waals surface area contributed by atoms with E-state index in [1.165, 1.54) is 10.5 Å². The molecule has 2 rings (SSSR count). The van der Waals surface area contributed by atoms with E-state index in [0.717, 1.165) is 30.4 Å². The molecule has 0 saturated heterocycles. The quantitative estimate of drug-likeness (QED) is 0.580. The van der Waals surface area contributed by atoms with Gasteiger partial charge in [-0.2, -0.15) is 5.10 Å². The van der Waals surface area contributed by atoms with Gasteiger partial charge >= 0.3 is 6.03 Å². The summed E-state index contributed by atoms with van der Waals surface area (Å²) in [6, 6.07) is 8.42. The van der Waals surface area contributed by atoms with Gasteiger partial charge in [-0.3, -0.25) is 4.68 Å². The largest absolute Gasteiger partial charge is 0.338 e. The van der Waals surface area contributed by atoms with Gasteiger partial charge in [0.25, 0.3) is 0 Å². The molecule has 0 radical (unpaired) electrons. The number of amides is 2. The highest BCUT2D eigenvalue weighted by atomic mass is 32.2. The second-order valence-corrected chi connectivity index (χ2v) is 7.27. The number of hydrogen-bond acceptors (Lipinski definition) is 4. The average Bonchev–Trinajstić information content (AvgIpc) is 2.90. The van der Waals surface area contributed by atoms with Crippen LogP contribution in [0.4, 0.5) is 4.79 Å². The van der Waals surface area contributed by atoms with Crippen LogP contribution in [0.2, 0.25) is 0 Å². The Morgan fingerprint density at radius 3 is 2.60 bits per heavy atom. The molecule has 0 aliphatic carbocycles. The molecule has 6 nitrogen and oxygen atoms in total. The van der Waals surface area contributed by atoms with Gasteiger partial charge in [-0.05, 0) is 39.3 Å². The third-order valence-electron chi connectivity index (χ3n) is 3.85. The molecule has 1 N–H and O–H groups in total. The molecule has 0 atom stereocenters. The van der Waals surface area contributed by atoms with Crippen LogP contribution in [0.5, 0.6) is 0 Å². The van der Waals surface area contributed by atoms with Crippen LogP contribution in [-0.2, 0) is 6.54 Å². The minimum Gasteiger partial charge on any atom is -0.338 e. The van der Waals surface area contributed by atoms with Gasteiger partial charge in [0.05, 0.1) is 0 Å². The molecule has 0 fully saturated rings. The van der Waals surface area contributed by atoms with Crippen molar-refractivity contribution in [3.05, 3.63) is 41.5 Å². The molecule has 0 aliphatic rings. The van der Waals surface area contributed by atoms with Crippen molar-refractivity contribution in [3.8, 4) is 0 Å². The second kappa shape index (κ2) is 9.46. The number of rotatable bonds is 8. The fraction of sp³-hybridized carbons (Fsp3) is 0.500. The maximum atomic E-state index is 12.1. The molecule has 2 amide bonds. The van der Waals surface area contributed by atoms with Crippen molar-refractivity contribution in [2.75, 3.05) is 25.9 Å². The maximum absolute atomic E-state index is 12.1. The van der Waals surface area contributed by atoms with E-state index in [4.69, 9.17) is 0 Å². The molecular formula is C18H27N5OS. The fourth-order valence-electron chi connectivity index (χ4n) is 2.37. The van der Waals surface area contributed by atoms with E-state index in [-0.39, 0.29) is 6.03 Å². The van der Waals surface area contributed by atoms with Gasteiger partial charge in [0.1, 0.15) is 11.6 Å². The number of carbonyl (C=O) groups is 1. The Kier molecular flexibility index (Phi) is 7.31. The van der Waals surface area contributed by atoms with E-state index in [0.29, 0.717) is 13.1 Å².